The first kappa shape index (κ1) is 13.9. The van der Waals surface area contributed by atoms with Crippen LogP contribution in [0.2, 0.25) is 0 Å². The zero-order valence-electron chi connectivity index (χ0n) is 11.4. The van der Waals surface area contributed by atoms with Gasteiger partial charge >= 0.3 is 0 Å². The predicted molar refractivity (Wildman–Crippen MR) is 74.6 cm³/mol. The average Bonchev–Trinajstić information content (AvgIpc) is 3.01. The number of carbonyl (C=O) groups is 1. The smallest absolute Gasteiger partial charge is 0.242 e. The van der Waals surface area contributed by atoms with Gasteiger partial charge in [-0.05, 0) is 6.92 Å². The van der Waals surface area contributed by atoms with Crippen LogP contribution in [-0.2, 0) is 14.3 Å². The number of ether oxygens (including phenoxy) is 2. The first-order valence-electron chi connectivity index (χ1n) is 6.90. The van der Waals surface area contributed by atoms with Crippen molar-refractivity contribution in [3.8, 4) is 0 Å². The maximum atomic E-state index is 12.6. The van der Waals surface area contributed by atoms with E-state index >= 15 is 0 Å². The average molecular weight is 297 g/mol. The Morgan fingerprint density at radius 1 is 1.50 bits per heavy atom. The predicted octanol–water partition coefficient (Wildman–Crippen LogP) is 0.420. The van der Waals surface area contributed by atoms with Gasteiger partial charge in [-0.25, -0.2) is 4.98 Å². The van der Waals surface area contributed by atoms with Crippen molar-refractivity contribution in [3.63, 3.8) is 0 Å². The van der Waals surface area contributed by atoms with E-state index in [0.29, 0.717) is 26.3 Å². The summed E-state index contributed by atoms with van der Waals surface area (Å²) < 4.78 is 11.3. The van der Waals surface area contributed by atoms with Crippen LogP contribution in [0.5, 0.6) is 0 Å². The first-order chi connectivity index (χ1) is 9.75. The number of hydrogen-bond acceptors (Lipinski definition) is 6. The highest BCUT2D eigenvalue weighted by molar-refractivity contribution is 7.09. The second-order valence-corrected chi connectivity index (χ2v) is 5.95. The molecule has 0 bridgehead atoms. The first-order valence-corrected chi connectivity index (χ1v) is 7.78. The van der Waals surface area contributed by atoms with Crippen molar-refractivity contribution in [2.24, 2.45) is 0 Å². The molecular formula is C13H19N3O3S. The fraction of sp³-hybridized carbons (Fsp3) is 0.692. The van der Waals surface area contributed by atoms with Gasteiger partial charge in [0.15, 0.2) is 0 Å². The van der Waals surface area contributed by atoms with Crippen LogP contribution in [0.4, 0.5) is 0 Å². The Balaban J connectivity index is 1.65. The topological polar surface area (TPSA) is 63.7 Å². The molecule has 2 fully saturated rings. The molecule has 1 N–H and O–H groups in total. The van der Waals surface area contributed by atoms with Crippen LogP contribution in [-0.4, -0.2) is 60.8 Å². The van der Waals surface area contributed by atoms with E-state index in [2.05, 4.69) is 10.3 Å². The molecule has 2 aliphatic rings. The third-order valence-corrected chi connectivity index (χ3v) is 4.56. The van der Waals surface area contributed by atoms with E-state index in [-0.39, 0.29) is 24.2 Å². The number of thiazole rings is 1. The van der Waals surface area contributed by atoms with Crippen LogP contribution in [0, 0.1) is 0 Å². The summed E-state index contributed by atoms with van der Waals surface area (Å²) in [5, 5.41) is 6.11. The van der Waals surface area contributed by atoms with Gasteiger partial charge in [-0.2, -0.15) is 0 Å². The van der Waals surface area contributed by atoms with Gasteiger partial charge in [0, 0.05) is 24.7 Å². The minimum atomic E-state index is -0.251. The summed E-state index contributed by atoms with van der Waals surface area (Å²) in [6.07, 6.45) is 1.58. The Morgan fingerprint density at radius 2 is 2.40 bits per heavy atom. The largest absolute Gasteiger partial charge is 0.375 e. The third-order valence-electron chi connectivity index (χ3n) is 3.69. The molecule has 0 spiro atoms. The standard InChI is InChI=1S/C13H19N3O3S/c1-9-11(14-2-5-18-9)13(17)16-4-6-19-10(8-16)12-15-3-7-20-12/h3,7,9-11,14H,2,4-6,8H2,1H3/t9-,10?,11+/m1/s1. The Kier molecular flexibility index (Phi) is 4.30. The van der Waals surface area contributed by atoms with Crippen molar-refractivity contribution >= 4 is 17.2 Å². The molecule has 0 aliphatic carbocycles. The van der Waals surface area contributed by atoms with E-state index in [9.17, 15) is 4.79 Å². The Morgan fingerprint density at radius 3 is 3.15 bits per heavy atom. The number of amides is 1. The molecule has 6 nitrogen and oxygen atoms in total. The number of morpholine rings is 2. The summed E-state index contributed by atoms with van der Waals surface area (Å²) in [6, 6.07) is -0.251. The summed E-state index contributed by atoms with van der Waals surface area (Å²) in [4.78, 5) is 18.7. The lowest BCUT2D eigenvalue weighted by atomic mass is 10.1. The number of nitrogens with zero attached hydrogens (tertiary/aromatic N) is 2. The number of nitrogens with one attached hydrogen (secondary N) is 1. The second kappa shape index (κ2) is 6.17. The van der Waals surface area contributed by atoms with Crippen molar-refractivity contribution < 1.29 is 14.3 Å². The van der Waals surface area contributed by atoms with Crippen molar-refractivity contribution in [3.05, 3.63) is 16.6 Å². The van der Waals surface area contributed by atoms with Crippen LogP contribution >= 0.6 is 11.3 Å². The SMILES string of the molecule is C[C@H]1OCCN[C@@H]1C(=O)N1CCOC(c2nccs2)C1. The van der Waals surface area contributed by atoms with Crippen LogP contribution in [0.15, 0.2) is 11.6 Å². The van der Waals surface area contributed by atoms with Crippen molar-refractivity contribution in [1.82, 2.24) is 15.2 Å². The molecule has 0 aromatic carbocycles. The van der Waals surface area contributed by atoms with Crippen LogP contribution in [0.3, 0.4) is 0 Å². The molecule has 1 aromatic heterocycles. The van der Waals surface area contributed by atoms with Crippen LogP contribution in [0.1, 0.15) is 18.0 Å². The molecule has 0 radical (unpaired) electrons. The third kappa shape index (κ3) is 2.85. The van der Waals surface area contributed by atoms with Crippen molar-refractivity contribution in [1.29, 1.82) is 0 Å². The van der Waals surface area contributed by atoms with E-state index in [0.717, 1.165) is 11.6 Å². The molecule has 7 heteroatoms. The number of rotatable bonds is 2. The van der Waals surface area contributed by atoms with Gasteiger partial charge in [-0.1, -0.05) is 0 Å². The Labute approximate surface area is 122 Å². The number of hydrogen-bond donors (Lipinski definition) is 1. The quantitative estimate of drug-likeness (QED) is 0.857. The van der Waals surface area contributed by atoms with E-state index in [1.54, 1.807) is 17.5 Å². The second-order valence-electron chi connectivity index (χ2n) is 5.02. The molecule has 3 atom stereocenters. The molecule has 110 valence electrons. The maximum Gasteiger partial charge on any atom is 0.242 e. The Bertz CT molecular complexity index is 454. The monoisotopic (exact) mass is 297 g/mol. The summed E-state index contributed by atoms with van der Waals surface area (Å²) in [6.45, 7) is 5.07. The van der Waals surface area contributed by atoms with E-state index < -0.39 is 0 Å². The molecule has 2 saturated heterocycles. The summed E-state index contributed by atoms with van der Waals surface area (Å²) >= 11 is 1.56. The lowest BCUT2D eigenvalue weighted by molar-refractivity contribution is -0.147. The minimum Gasteiger partial charge on any atom is -0.375 e. The van der Waals surface area contributed by atoms with E-state index in [1.807, 2.05) is 17.2 Å². The summed E-state index contributed by atoms with van der Waals surface area (Å²) in [5.74, 6) is 0.0991. The van der Waals surface area contributed by atoms with Gasteiger partial charge in [-0.15, -0.1) is 11.3 Å². The van der Waals surface area contributed by atoms with Gasteiger partial charge in [-0.3, -0.25) is 4.79 Å². The number of aromatic nitrogens is 1. The lowest BCUT2D eigenvalue weighted by Gasteiger charge is -2.37. The lowest BCUT2D eigenvalue weighted by Crippen LogP contribution is -2.58. The highest BCUT2D eigenvalue weighted by Crippen LogP contribution is 2.24. The van der Waals surface area contributed by atoms with Gasteiger partial charge in [0.1, 0.15) is 17.2 Å². The molecule has 1 unspecified atom stereocenters. The van der Waals surface area contributed by atoms with Gasteiger partial charge in [0.25, 0.3) is 0 Å². The van der Waals surface area contributed by atoms with Gasteiger partial charge in [0.2, 0.25) is 5.91 Å². The van der Waals surface area contributed by atoms with Crippen molar-refractivity contribution in [2.75, 3.05) is 32.8 Å². The zero-order valence-corrected chi connectivity index (χ0v) is 12.3. The molecule has 20 heavy (non-hydrogen) atoms. The highest BCUT2D eigenvalue weighted by Gasteiger charge is 2.35. The van der Waals surface area contributed by atoms with E-state index in [4.69, 9.17) is 9.47 Å². The normalized spacial score (nSPS) is 31.2. The molecule has 2 aliphatic heterocycles. The van der Waals surface area contributed by atoms with Crippen LogP contribution in [0.25, 0.3) is 0 Å². The van der Waals surface area contributed by atoms with Crippen LogP contribution < -0.4 is 5.32 Å². The zero-order chi connectivity index (χ0) is 13.9. The summed E-state index contributed by atoms with van der Waals surface area (Å²) in [5.41, 5.74) is 0. The molecule has 1 amide bonds. The molecule has 3 heterocycles. The fourth-order valence-electron chi connectivity index (χ4n) is 2.60. The van der Waals surface area contributed by atoms with Gasteiger partial charge < -0.3 is 19.7 Å². The molecule has 0 saturated carbocycles. The fourth-order valence-corrected chi connectivity index (χ4v) is 3.28. The minimum absolute atomic E-state index is 0.0857. The van der Waals surface area contributed by atoms with Crippen molar-refractivity contribution in [2.45, 2.75) is 25.2 Å². The summed E-state index contributed by atoms with van der Waals surface area (Å²) in [7, 11) is 0. The molecule has 1 aromatic rings. The van der Waals surface area contributed by atoms with Gasteiger partial charge in [0.05, 0.1) is 25.9 Å². The Hall–Kier alpha value is -1.02. The van der Waals surface area contributed by atoms with E-state index in [1.165, 1.54) is 0 Å². The number of carbonyl (C=O) groups excluding carboxylic acids is 1. The molecule has 3 rings (SSSR count). The molecular weight excluding hydrogens is 278 g/mol. The highest BCUT2D eigenvalue weighted by atomic mass is 32.1. The maximum absolute atomic E-state index is 12.6.